The van der Waals surface area contributed by atoms with Gasteiger partial charge in [-0.15, -0.1) is 0 Å². The quantitative estimate of drug-likeness (QED) is 0.188. The number of nitrogens with two attached hydrogens (primary N) is 1. The van der Waals surface area contributed by atoms with E-state index in [1.165, 1.54) is 0 Å². The summed E-state index contributed by atoms with van der Waals surface area (Å²) < 4.78 is 35.1. The molecule has 0 spiro atoms. The molecule has 4 aromatic carbocycles. The molecule has 0 radical (unpaired) electrons. The largest absolute Gasteiger partial charge is 0.484 e. The Labute approximate surface area is 258 Å². The SMILES string of the molecule is C[C@H](NC(=O)C(C)(F)F)[C@H](Oc1ccc2c(cnn2-c2cccc(C(=O)N[C@@H](C(N)=O)c3ccccc3)c2)c1)c1ccccc1. The molecular weight excluding hydrogens is 580 g/mol. The molecule has 0 unspecified atom stereocenters. The Morgan fingerprint density at radius 2 is 1.53 bits per heavy atom. The number of ether oxygens (including phenoxy) is 1. The first kappa shape index (κ1) is 30.9. The summed E-state index contributed by atoms with van der Waals surface area (Å²) in [6, 6.07) is 28.0. The summed E-state index contributed by atoms with van der Waals surface area (Å²) in [6.07, 6.45) is 0.869. The Morgan fingerprint density at radius 3 is 2.18 bits per heavy atom. The summed E-state index contributed by atoms with van der Waals surface area (Å²) in [5.41, 5.74) is 8.45. The van der Waals surface area contributed by atoms with Crippen molar-refractivity contribution in [2.45, 2.75) is 38.0 Å². The van der Waals surface area contributed by atoms with Gasteiger partial charge >= 0.3 is 5.92 Å². The van der Waals surface area contributed by atoms with Gasteiger partial charge < -0.3 is 21.1 Å². The Bertz CT molecular complexity index is 1820. The maximum atomic E-state index is 13.6. The smallest absolute Gasteiger partial charge is 0.321 e. The number of rotatable bonds is 11. The summed E-state index contributed by atoms with van der Waals surface area (Å²) in [7, 11) is 0. The van der Waals surface area contributed by atoms with E-state index in [9.17, 15) is 23.2 Å². The maximum absolute atomic E-state index is 13.6. The molecule has 11 heteroatoms. The number of hydrogen-bond donors (Lipinski definition) is 3. The average molecular weight is 612 g/mol. The lowest BCUT2D eigenvalue weighted by atomic mass is 10.0. The number of aromatic nitrogens is 2. The zero-order chi connectivity index (χ0) is 32.1. The van der Waals surface area contributed by atoms with Gasteiger partial charge in [0.1, 0.15) is 17.9 Å². The lowest BCUT2D eigenvalue weighted by Crippen LogP contribution is -2.46. The van der Waals surface area contributed by atoms with Crippen molar-refractivity contribution in [1.82, 2.24) is 20.4 Å². The number of fused-ring (bicyclic) bond motifs is 1. The fourth-order valence-corrected chi connectivity index (χ4v) is 4.90. The van der Waals surface area contributed by atoms with Crippen LogP contribution >= 0.6 is 0 Å². The molecule has 0 saturated heterocycles. The fourth-order valence-electron chi connectivity index (χ4n) is 4.90. The van der Waals surface area contributed by atoms with E-state index in [1.807, 2.05) is 6.07 Å². The molecule has 3 amide bonds. The van der Waals surface area contributed by atoms with Gasteiger partial charge in [0.25, 0.3) is 11.8 Å². The number of carbonyl (C=O) groups excluding carboxylic acids is 3. The Kier molecular flexibility index (Phi) is 8.89. The van der Waals surface area contributed by atoms with Crippen LogP contribution in [0.5, 0.6) is 5.75 Å². The Hall–Kier alpha value is -5.58. The van der Waals surface area contributed by atoms with Crippen molar-refractivity contribution in [2.75, 3.05) is 0 Å². The molecular formula is C34H31F2N5O4. The standard InChI is InChI=1S/C34H31F2N5O4/c1-21(39-33(44)34(2,35)36)30(23-12-7-4-8-13-23)45-27-16-17-28-25(19-27)20-38-41(28)26-15-9-14-24(18-26)32(43)40-29(31(37)42)22-10-5-3-6-11-22/h3-21,29-30H,1-2H3,(H2,37,42)(H,39,44)(H,40,43)/t21-,29+,30-/m0/s1. The summed E-state index contributed by atoms with van der Waals surface area (Å²) >= 11 is 0. The molecule has 0 fully saturated rings. The predicted molar refractivity (Wildman–Crippen MR) is 165 cm³/mol. The van der Waals surface area contributed by atoms with Gasteiger partial charge in [-0.05, 0) is 54.4 Å². The van der Waals surface area contributed by atoms with Crippen molar-refractivity contribution in [1.29, 1.82) is 0 Å². The number of halogens is 2. The minimum absolute atomic E-state index is 0.303. The average Bonchev–Trinajstić information content (AvgIpc) is 3.46. The first-order valence-corrected chi connectivity index (χ1v) is 14.1. The first-order chi connectivity index (χ1) is 21.5. The highest BCUT2D eigenvalue weighted by molar-refractivity contribution is 5.98. The van der Waals surface area contributed by atoms with E-state index >= 15 is 0 Å². The van der Waals surface area contributed by atoms with Gasteiger partial charge in [0.05, 0.1) is 23.4 Å². The van der Waals surface area contributed by atoms with Crippen LogP contribution in [0.1, 0.15) is 47.5 Å². The van der Waals surface area contributed by atoms with Crippen molar-refractivity contribution in [3.63, 3.8) is 0 Å². The number of hydrogen-bond acceptors (Lipinski definition) is 5. The van der Waals surface area contributed by atoms with E-state index < -0.39 is 41.8 Å². The molecule has 5 aromatic rings. The maximum Gasteiger partial charge on any atom is 0.321 e. The predicted octanol–water partition coefficient (Wildman–Crippen LogP) is 5.26. The van der Waals surface area contributed by atoms with Gasteiger partial charge in [0, 0.05) is 17.9 Å². The molecule has 45 heavy (non-hydrogen) atoms. The summed E-state index contributed by atoms with van der Waals surface area (Å²) in [4.78, 5) is 37.2. The topological polar surface area (TPSA) is 128 Å². The van der Waals surface area contributed by atoms with E-state index in [0.717, 1.165) is 0 Å². The highest BCUT2D eigenvalue weighted by atomic mass is 19.3. The van der Waals surface area contributed by atoms with E-state index in [-0.39, 0.29) is 0 Å². The lowest BCUT2D eigenvalue weighted by Gasteiger charge is -2.27. The zero-order valence-corrected chi connectivity index (χ0v) is 24.5. The lowest BCUT2D eigenvalue weighted by molar-refractivity contribution is -0.144. The molecule has 0 aliphatic carbocycles. The van der Waals surface area contributed by atoms with Crippen molar-refractivity contribution in [2.24, 2.45) is 5.73 Å². The second-order valence-corrected chi connectivity index (χ2v) is 10.6. The third kappa shape index (κ3) is 7.15. The molecule has 1 aromatic heterocycles. The van der Waals surface area contributed by atoms with Gasteiger partial charge in [-0.1, -0.05) is 66.7 Å². The van der Waals surface area contributed by atoms with Gasteiger partial charge in [0.2, 0.25) is 5.91 Å². The zero-order valence-electron chi connectivity index (χ0n) is 24.5. The first-order valence-electron chi connectivity index (χ1n) is 14.1. The van der Waals surface area contributed by atoms with E-state index in [0.29, 0.717) is 46.0 Å². The summed E-state index contributed by atoms with van der Waals surface area (Å²) in [5, 5.41) is 10.3. The van der Waals surface area contributed by atoms with Crippen LogP contribution in [0.15, 0.2) is 109 Å². The fraction of sp³-hybridized carbons (Fsp3) is 0.176. The summed E-state index contributed by atoms with van der Waals surface area (Å²) in [5.74, 6) is -5.65. The van der Waals surface area contributed by atoms with Crippen LogP contribution < -0.4 is 21.1 Å². The van der Waals surface area contributed by atoms with Crippen molar-refractivity contribution in [3.05, 3.63) is 126 Å². The van der Waals surface area contributed by atoms with Crippen LogP contribution in [-0.4, -0.2) is 39.5 Å². The molecule has 0 aliphatic heterocycles. The summed E-state index contributed by atoms with van der Waals surface area (Å²) in [6.45, 7) is 2.15. The van der Waals surface area contributed by atoms with Crippen molar-refractivity contribution in [3.8, 4) is 11.4 Å². The number of alkyl halides is 2. The minimum atomic E-state index is -3.54. The van der Waals surface area contributed by atoms with Gasteiger partial charge in [-0.3, -0.25) is 14.4 Å². The number of carbonyl (C=O) groups is 3. The molecule has 3 atom stereocenters. The number of nitrogens with zero attached hydrogens (tertiary/aromatic N) is 2. The molecule has 1 heterocycles. The second-order valence-electron chi connectivity index (χ2n) is 10.6. The molecule has 0 saturated carbocycles. The van der Waals surface area contributed by atoms with Crippen LogP contribution in [-0.2, 0) is 9.59 Å². The molecule has 5 rings (SSSR count). The van der Waals surface area contributed by atoms with Crippen LogP contribution in [0.3, 0.4) is 0 Å². The van der Waals surface area contributed by atoms with Gasteiger partial charge in [-0.25, -0.2) is 4.68 Å². The molecule has 0 aliphatic rings. The minimum Gasteiger partial charge on any atom is -0.484 e. The van der Waals surface area contributed by atoms with E-state index in [4.69, 9.17) is 10.5 Å². The second kappa shape index (κ2) is 13.0. The van der Waals surface area contributed by atoms with E-state index in [1.54, 1.807) is 115 Å². The normalized spacial score (nSPS) is 13.4. The van der Waals surface area contributed by atoms with Crippen LogP contribution in [0, 0.1) is 0 Å². The number of primary amides is 1. The van der Waals surface area contributed by atoms with Gasteiger partial charge in [0.15, 0.2) is 0 Å². The number of amides is 3. The molecule has 4 N–H and O–H groups in total. The highest BCUT2D eigenvalue weighted by Crippen LogP contribution is 2.29. The number of benzene rings is 4. The Morgan fingerprint density at radius 1 is 0.867 bits per heavy atom. The monoisotopic (exact) mass is 611 g/mol. The van der Waals surface area contributed by atoms with Crippen molar-refractivity contribution >= 4 is 28.6 Å². The van der Waals surface area contributed by atoms with Crippen molar-refractivity contribution < 1.29 is 27.9 Å². The Balaban J connectivity index is 1.38. The highest BCUT2D eigenvalue weighted by Gasteiger charge is 2.35. The van der Waals surface area contributed by atoms with Crippen LogP contribution in [0.2, 0.25) is 0 Å². The van der Waals surface area contributed by atoms with Crippen LogP contribution in [0.4, 0.5) is 8.78 Å². The number of nitrogens with one attached hydrogen (secondary N) is 2. The molecule has 0 bridgehead atoms. The van der Waals surface area contributed by atoms with E-state index in [2.05, 4.69) is 15.7 Å². The molecule has 230 valence electrons. The molecule has 9 nitrogen and oxygen atoms in total. The van der Waals surface area contributed by atoms with Crippen LogP contribution in [0.25, 0.3) is 16.6 Å². The third-order valence-corrected chi connectivity index (χ3v) is 7.19. The third-order valence-electron chi connectivity index (χ3n) is 7.19. The van der Waals surface area contributed by atoms with Gasteiger partial charge in [-0.2, -0.15) is 13.9 Å².